The van der Waals surface area contributed by atoms with E-state index in [1.54, 1.807) is 0 Å². The van der Waals surface area contributed by atoms with Crippen molar-refractivity contribution in [2.24, 2.45) is 0 Å². The fraction of sp³-hybridized carbons (Fsp3) is 0. The fourth-order valence-corrected chi connectivity index (χ4v) is 27.3. The number of rotatable bonds is 10. The molecule has 0 unspecified atom stereocenters. The van der Waals surface area contributed by atoms with Crippen molar-refractivity contribution in [1.29, 1.82) is 0 Å². The summed E-state index contributed by atoms with van der Waals surface area (Å²) in [7, 11) is -7.37. The Kier molecular flexibility index (Phi) is 10.7. The Morgan fingerprint density at radius 1 is 0.244 bits per heavy atom. The van der Waals surface area contributed by atoms with E-state index in [4.69, 9.17) is 19.9 Å². The van der Waals surface area contributed by atoms with Crippen LogP contribution in [0.3, 0.4) is 0 Å². The predicted molar refractivity (Wildman–Crippen MR) is 324 cm³/mol. The number of hydrogen-bond donors (Lipinski definition) is 0. The van der Waals surface area contributed by atoms with Crippen molar-refractivity contribution < 1.29 is 0 Å². The highest BCUT2D eigenvalue weighted by Crippen LogP contribution is 2.47. The van der Waals surface area contributed by atoms with Crippen molar-refractivity contribution in [3.63, 3.8) is 0 Å². The summed E-state index contributed by atoms with van der Waals surface area (Å²) in [5.74, 6) is 2.85. The smallest absolute Gasteiger partial charge is 0.320 e. The van der Waals surface area contributed by atoms with Gasteiger partial charge in [0.05, 0.1) is 33.5 Å². The van der Waals surface area contributed by atoms with Gasteiger partial charge in [-0.1, -0.05) is 255 Å². The van der Waals surface area contributed by atoms with Gasteiger partial charge in [0, 0.05) is 44.8 Å². The van der Waals surface area contributed by atoms with Gasteiger partial charge in [0.15, 0.2) is 0 Å². The average molecular weight is 1030 g/mol. The molecule has 0 atom stereocenters. The molecule has 5 heterocycles. The van der Waals surface area contributed by atoms with Crippen LogP contribution in [0.25, 0.3) is 78.0 Å². The molecule has 1 aliphatic heterocycles. The lowest BCUT2D eigenvalue weighted by Gasteiger charge is -2.71. The minimum atomic E-state index is -3.69. The molecule has 0 aliphatic carbocycles. The molecule has 0 spiro atoms. The molecule has 15 rings (SSSR count). The van der Waals surface area contributed by atoms with E-state index in [9.17, 15) is 0 Å². The quantitative estimate of drug-likeness (QED) is 0.127. The molecule has 8 nitrogen and oxygen atoms in total. The Morgan fingerprint density at radius 3 is 0.769 bits per heavy atom. The van der Waals surface area contributed by atoms with E-state index >= 15 is 0 Å². The summed E-state index contributed by atoms with van der Waals surface area (Å²) < 4.78 is 10.2. The molecule has 1 saturated heterocycles. The average Bonchev–Trinajstić information content (AvgIpc) is 3.21. The Balaban J connectivity index is 1.12. The van der Waals surface area contributed by atoms with Crippen LogP contribution < -0.4 is 29.2 Å². The van der Waals surface area contributed by atoms with Gasteiger partial charge in [-0.2, -0.15) is 9.97 Å². The first-order valence-corrected chi connectivity index (χ1v) is 30.2. The number of fused-ring (bicyclic) bond motifs is 6. The normalized spacial score (nSPS) is 13.8. The summed E-state index contributed by atoms with van der Waals surface area (Å²) in [6, 6.07) is 105. The van der Waals surface area contributed by atoms with Gasteiger partial charge in [-0.3, -0.25) is 9.13 Å². The molecule has 0 N–H and O–H groups in total. The third-order valence-electron chi connectivity index (χ3n) is 15.6. The van der Waals surface area contributed by atoms with Crippen LogP contribution in [0.1, 0.15) is 0 Å². The van der Waals surface area contributed by atoms with Crippen LogP contribution in [0.4, 0.5) is 11.6 Å². The Bertz CT molecular complexity index is 4030. The first kappa shape index (κ1) is 45.4. The van der Waals surface area contributed by atoms with Gasteiger partial charge in [0.25, 0.3) is 0 Å². The van der Waals surface area contributed by atoms with Gasteiger partial charge in [0.2, 0.25) is 11.9 Å². The maximum Gasteiger partial charge on any atom is 0.320 e. The predicted octanol–water partition coefficient (Wildman–Crippen LogP) is 12.6. The third-order valence-corrected chi connectivity index (χ3v) is 27.5. The molecule has 14 aromatic rings. The minimum Gasteiger partial charge on any atom is -0.362 e. The van der Waals surface area contributed by atoms with Crippen LogP contribution >= 0.6 is 0 Å². The summed E-state index contributed by atoms with van der Waals surface area (Å²) >= 11 is 0. The summed E-state index contributed by atoms with van der Waals surface area (Å²) in [5.41, 5.74) is 7.80. The van der Waals surface area contributed by atoms with E-state index in [2.05, 4.69) is 309 Å². The van der Waals surface area contributed by atoms with E-state index in [-0.39, 0.29) is 0 Å². The minimum absolute atomic E-state index is 0.595. The second-order valence-electron chi connectivity index (χ2n) is 19.8. The lowest BCUT2D eigenvalue weighted by Crippen LogP contribution is -3.07. The van der Waals surface area contributed by atoms with Crippen molar-refractivity contribution in [2.45, 2.75) is 0 Å². The molecule has 0 saturated carbocycles. The van der Waals surface area contributed by atoms with Crippen molar-refractivity contribution in [3.8, 4) is 34.4 Å². The van der Waals surface area contributed by atoms with E-state index in [0.29, 0.717) is 11.9 Å². The zero-order valence-electron chi connectivity index (χ0n) is 42.3. The Morgan fingerprint density at radius 2 is 0.487 bits per heavy atom. The van der Waals surface area contributed by atoms with Gasteiger partial charge in [-0.05, 0) is 45.0 Å². The number of hydrogen-bond acceptors (Lipinski definition) is 6. The largest absolute Gasteiger partial charge is 0.362 e. The van der Waals surface area contributed by atoms with Crippen LogP contribution in [0.15, 0.2) is 291 Å². The highest BCUT2D eigenvalue weighted by Gasteiger charge is 2.76. The molecule has 0 radical (unpaired) electrons. The summed E-state index contributed by atoms with van der Waals surface area (Å²) in [5, 5.41) is 9.31. The van der Waals surface area contributed by atoms with Crippen molar-refractivity contribution >= 4 is 92.8 Å². The second-order valence-corrected chi connectivity index (χ2v) is 27.5. The first-order valence-electron chi connectivity index (χ1n) is 26.4. The number of para-hydroxylation sites is 4. The molecule has 0 bridgehead atoms. The molecule has 4 aromatic heterocycles. The zero-order chi connectivity index (χ0) is 51.6. The highest BCUT2D eigenvalue weighted by molar-refractivity contribution is 7.38. The molecule has 10 heteroatoms. The summed E-state index contributed by atoms with van der Waals surface area (Å²) in [4.78, 5) is 23.2. The number of nitrogens with zero attached hydrogens (tertiary/aromatic N) is 8. The van der Waals surface area contributed by atoms with Gasteiger partial charge < -0.3 is 8.46 Å². The van der Waals surface area contributed by atoms with Crippen LogP contribution in [0, 0.1) is 0 Å². The summed E-state index contributed by atoms with van der Waals surface area (Å²) in [6.45, 7) is 0. The van der Waals surface area contributed by atoms with E-state index in [0.717, 1.165) is 77.8 Å². The van der Waals surface area contributed by atoms with Crippen LogP contribution in [-0.2, 0) is 0 Å². The lowest BCUT2D eigenvalue weighted by atomic mass is 10.1. The Labute approximate surface area is 453 Å². The molecule has 1 aliphatic rings. The van der Waals surface area contributed by atoms with Crippen LogP contribution in [-0.4, -0.2) is 45.9 Å². The topological polar surface area (TPSA) is 67.9 Å². The Hall–Kier alpha value is -10.0. The molecule has 10 aromatic carbocycles. The molecule has 368 valence electrons. The highest BCUT2D eigenvalue weighted by atomic mass is 28.5. The fourth-order valence-electron chi connectivity index (χ4n) is 12.4. The maximum atomic E-state index is 6.02. The number of benzene rings is 10. The van der Waals surface area contributed by atoms with E-state index in [1.165, 1.54) is 20.7 Å². The monoisotopic (exact) mass is 1030 g/mol. The van der Waals surface area contributed by atoms with Crippen LogP contribution in [0.5, 0.6) is 0 Å². The molecule has 0 amide bonds. The van der Waals surface area contributed by atoms with E-state index in [1.807, 2.05) is 0 Å². The van der Waals surface area contributed by atoms with Gasteiger partial charge in [-0.15, -0.1) is 0 Å². The first-order chi connectivity index (χ1) is 38.7. The zero-order valence-corrected chi connectivity index (χ0v) is 44.3. The van der Waals surface area contributed by atoms with Crippen LogP contribution in [0.2, 0.25) is 0 Å². The third kappa shape index (κ3) is 6.83. The lowest BCUT2D eigenvalue weighted by molar-refractivity contribution is 0.970. The molecular weight excluding hydrogens is 985 g/mol. The SMILES string of the molecule is c1ccc(-c2cc(N3[Si](c4ccccc4)(c4ccccc4)N(c4cc(-c5ccccc5)nc(-n5c6ccccc6c6ccccc65)n4)[Si]3(c3ccccc3)c3ccccc3)nc(-n3c4ccccc4c4ccccc43)n2)cc1. The van der Waals surface area contributed by atoms with Crippen molar-refractivity contribution in [3.05, 3.63) is 291 Å². The molecular formula is C68H48N8Si2. The number of anilines is 2. The number of aromatic nitrogens is 6. The van der Waals surface area contributed by atoms with Gasteiger partial charge >= 0.3 is 16.8 Å². The maximum absolute atomic E-state index is 6.02. The van der Waals surface area contributed by atoms with Gasteiger partial charge in [-0.25, -0.2) is 9.97 Å². The van der Waals surface area contributed by atoms with E-state index < -0.39 is 16.8 Å². The molecule has 1 fully saturated rings. The van der Waals surface area contributed by atoms with Crippen molar-refractivity contribution in [2.75, 3.05) is 8.46 Å². The standard InChI is InChI=1S/C68H48N8Si2/c1-7-27-49(28-8-1)59-47-65(71-67(69-59)73-61-43-23-19-39-55(61)56-40-20-24-44-62(56)73)75-77(51-31-11-3-12-32-51,52-33-13-4-14-34-52)76(78(75,53-35-15-5-16-36-53)54-37-17-6-18-38-54)66-48-60(50-29-9-2-10-30-50)70-68(72-66)74-63-45-25-21-41-57(63)58-42-22-26-46-64(58)74/h1-48H. The summed E-state index contributed by atoms with van der Waals surface area (Å²) in [6.07, 6.45) is 0. The second kappa shape index (κ2) is 18.4. The van der Waals surface area contributed by atoms with Crippen molar-refractivity contribution in [1.82, 2.24) is 29.1 Å². The molecule has 78 heavy (non-hydrogen) atoms. The van der Waals surface area contributed by atoms with Gasteiger partial charge in [0.1, 0.15) is 11.6 Å².